The first-order valence-electron chi connectivity index (χ1n) is 35.7. The van der Waals surface area contributed by atoms with Crippen LogP contribution >= 0.6 is 81.0 Å². The minimum atomic E-state index is -2.99. The summed E-state index contributed by atoms with van der Waals surface area (Å²) in [6.07, 6.45) is 8.12. The quantitative estimate of drug-likeness (QED) is 0.00353. The number of methoxy groups -OCH3 is 2. The van der Waals surface area contributed by atoms with Gasteiger partial charge in [0, 0.05) is 77.7 Å². The van der Waals surface area contributed by atoms with Gasteiger partial charge in [0.05, 0.1) is 42.3 Å². The molecule has 0 saturated carbocycles. The number of alkyl halides is 1. The number of Topliss-reactive ketones (excluding diaryl/α,β-unsaturated/α-hetero) is 2. The Morgan fingerprint density at radius 3 is 1.36 bits per heavy atom. The Kier molecular flexibility index (Phi) is 61.3. The molecule has 0 saturated heterocycles. The predicted octanol–water partition coefficient (Wildman–Crippen LogP) is 20.9. The van der Waals surface area contributed by atoms with Gasteiger partial charge in [-0.1, -0.05) is 107 Å². The Hall–Kier alpha value is -10.2. The summed E-state index contributed by atoms with van der Waals surface area (Å²) in [5, 5.41) is 56.4. The van der Waals surface area contributed by atoms with Gasteiger partial charge < -0.3 is 50.3 Å². The maximum Gasteiger partial charge on any atom is 0.324 e. The predicted molar refractivity (Wildman–Crippen MR) is 496 cm³/mol. The summed E-state index contributed by atoms with van der Waals surface area (Å²) >= 11 is 31.4. The van der Waals surface area contributed by atoms with Crippen molar-refractivity contribution in [3.05, 3.63) is 227 Å². The Morgan fingerprint density at radius 2 is 0.984 bits per heavy atom. The minimum absolute atomic E-state index is 0. The van der Waals surface area contributed by atoms with Gasteiger partial charge in [-0.25, -0.2) is 46.7 Å². The third kappa shape index (κ3) is 41.2. The van der Waals surface area contributed by atoms with Crippen LogP contribution in [0.25, 0.3) is 0 Å². The third-order valence-corrected chi connectivity index (χ3v) is 19.1. The number of carbonyl (C=O) groups excluding carboxylic acids is 5. The Bertz CT molecular complexity index is 4930. The molecule has 47 heteroatoms. The zero-order valence-electron chi connectivity index (χ0n) is 67.5. The van der Waals surface area contributed by atoms with E-state index in [0.29, 0.717) is 71.4 Å². The Morgan fingerprint density at radius 1 is 0.597 bits per heavy atom. The number of anilines is 9. The number of nitrogens with zero attached hydrogens (tertiary/aromatic N) is 14. The largest absolute Gasteiger partial charge is 0.399 e. The van der Waals surface area contributed by atoms with E-state index in [0.717, 1.165) is 31.3 Å². The van der Waals surface area contributed by atoms with Crippen LogP contribution in [0.2, 0.25) is 26.3 Å². The molecule has 129 heavy (non-hydrogen) atoms. The molecule has 4 aromatic heterocycles. The standard InChI is InChI=1S/C15H14ClFN4O4.C15H14ClFN4O.C15H13ClFN3O.C11H14FNO2.C6H6FN.C5H9BrO2.C4HCl2N3O2.C3H11O4P.C2H4O2.6CH4.Fe/c1-3-11(14(22)25-2)20(10-6-4-9(17)5-7-10)13-12(21(23)24)8-18-15(16)19-13;1-3-11-14(22)20(2)12-8-18-15(16)19-13(12)21(11)10-6-4-9(17)5-7-10;1-2-12-13(21)7-9-8-18-15(16)19-14(9)20(12)11-5-3-10(17)4-6-11;1-2-10(11(15)7-14)13-9-5-3-8(12)4-6-9;7-5-1-3-6(8)4-2-5;1-3-4(6)5(7)8-2;5-3-2(9(10)11)1-7-4(6)8-3;1-8(2,3,6-4)7-5;1-2(3)4;;;;;;;/h4-8,11H,3H2,1-2H3;4-8,11H,3H2,1-2H3;3-6,8,12H,2,7H2,1H3;3-6,10,13-14H,2,7H2,1H3;1-4H,8H2;4H,3H2,1-2H3;1H;4-5H,1-3H3;1H3,(H,3,4);6*1H4;. The first-order valence-corrected chi connectivity index (χ1v) is 42.0. The molecule has 0 aliphatic carbocycles. The summed E-state index contributed by atoms with van der Waals surface area (Å²) in [6, 6.07) is 26.4. The second-order valence-corrected chi connectivity index (χ2v) is 33.9. The number of carboxylic acid groups (broad SMARTS) is 1. The summed E-state index contributed by atoms with van der Waals surface area (Å²) in [5.74, 6) is -2.64. The van der Waals surface area contributed by atoms with E-state index in [-0.39, 0.29) is 163 Å². The number of hydrogen-bond donors (Lipinski definition) is 6. The van der Waals surface area contributed by atoms with Crippen molar-refractivity contribution in [3.8, 4) is 0 Å². The fourth-order valence-electron chi connectivity index (χ4n) is 10.0. The molecule has 1 amide bonds. The smallest absolute Gasteiger partial charge is 0.324 e. The van der Waals surface area contributed by atoms with Crippen LogP contribution in [0.5, 0.6) is 0 Å². The van der Waals surface area contributed by atoms with Crippen molar-refractivity contribution in [2.45, 2.75) is 154 Å². The fraction of sp³-hybridized carbons (Fsp3) is 0.366. The average molecular weight is 2050 g/mol. The van der Waals surface area contributed by atoms with Gasteiger partial charge in [0.25, 0.3) is 5.97 Å². The van der Waals surface area contributed by atoms with Crippen LogP contribution < -0.4 is 30.7 Å². The van der Waals surface area contributed by atoms with Crippen molar-refractivity contribution in [2.75, 3.05) is 78.5 Å². The van der Waals surface area contributed by atoms with Crippen LogP contribution in [0, 0.1) is 49.3 Å². The number of halogens is 11. The van der Waals surface area contributed by atoms with Crippen LogP contribution in [0.1, 0.15) is 124 Å². The van der Waals surface area contributed by atoms with Gasteiger partial charge in [0.1, 0.15) is 76.5 Å². The first-order chi connectivity index (χ1) is 57.4. The number of ether oxygens (including phenoxy) is 2. The normalized spacial score (nSPS) is 13.0. The topological polar surface area (TPSA) is 461 Å². The van der Waals surface area contributed by atoms with E-state index in [1.807, 2.05) is 32.6 Å². The first kappa shape index (κ1) is 127. The summed E-state index contributed by atoms with van der Waals surface area (Å²) in [7, 11) is 1.28. The molecule has 0 radical (unpaired) electrons. The number of amides is 1. The van der Waals surface area contributed by atoms with E-state index in [1.165, 1.54) is 135 Å². The van der Waals surface area contributed by atoms with Gasteiger partial charge in [-0.15, -0.1) is 0 Å². The monoisotopic (exact) mass is 2040 g/mol. The summed E-state index contributed by atoms with van der Waals surface area (Å²) in [4.78, 5) is 125. The van der Waals surface area contributed by atoms with E-state index in [9.17, 15) is 66.2 Å². The number of nitro groups is 2. The summed E-state index contributed by atoms with van der Waals surface area (Å²) in [5.41, 5.74) is 8.75. The number of carbonyl (C=O) groups is 6. The number of nitrogens with two attached hydrogens (primary N) is 1. The number of ketones is 2. The average Bonchev–Trinajstić information content (AvgIpc) is 0.759. The van der Waals surface area contributed by atoms with E-state index in [4.69, 9.17) is 94.0 Å². The van der Waals surface area contributed by atoms with Crippen molar-refractivity contribution in [1.29, 1.82) is 0 Å². The van der Waals surface area contributed by atoms with Gasteiger partial charge in [0.2, 0.25) is 38.0 Å². The second kappa shape index (κ2) is 62.1. The van der Waals surface area contributed by atoms with E-state index in [1.54, 1.807) is 61.5 Å². The van der Waals surface area contributed by atoms with Gasteiger partial charge in [0.15, 0.2) is 17.4 Å². The van der Waals surface area contributed by atoms with Gasteiger partial charge >= 0.3 is 70.2 Å². The Balaban J connectivity index is -0.000000462. The van der Waals surface area contributed by atoms with Crippen LogP contribution in [0.15, 0.2) is 146 Å². The number of aliphatic hydroxyl groups is 1. The molecule has 11 rings (SSSR count). The number of esters is 2. The zero-order valence-corrected chi connectivity index (χ0v) is 74.9. The minimum Gasteiger partial charge on any atom is -0.399 e. The number of fused-ring (bicyclic) bond motifs is 2. The molecule has 0 bridgehead atoms. The molecule has 5 aromatic carbocycles. The Labute approximate surface area is 790 Å². The molecular weight excluding hydrogens is 1940 g/mol. The summed E-state index contributed by atoms with van der Waals surface area (Å²) < 4.78 is 81.3. The molecule has 5 atom stereocenters. The third-order valence-electron chi connectivity index (χ3n) is 16.0. The molecule has 34 nitrogen and oxygen atoms in total. The number of rotatable bonds is 20. The van der Waals surface area contributed by atoms with Crippen molar-refractivity contribution >= 4 is 179 Å². The van der Waals surface area contributed by atoms with E-state index in [2.05, 4.69) is 75.2 Å². The number of aliphatic hydroxyl groups excluding tert-OH is 1. The van der Waals surface area contributed by atoms with Gasteiger partial charge in [-0.3, -0.25) is 44.2 Å². The van der Waals surface area contributed by atoms with Crippen LogP contribution in [-0.4, -0.2) is 183 Å². The molecule has 9 aromatic rings. The molecule has 0 spiro atoms. The number of hydrogen-bond acceptors (Lipinski definition) is 30. The molecule has 6 heterocycles. The maximum atomic E-state index is 13.3. The van der Waals surface area contributed by atoms with Crippen LogP contribution in [0.4, 0.5) is 84.9 Å². The molecule has 0 fully saturated rings. The summed E-state index contributed by atoms with van der Waals surface area (Å²) in [6.45, 7) is 14.4. The SMILES string of the molecule is C.C.C.C.C.C.CC(=O)O.CCC(Br)C(=O)OC.CCC(C(=O)OC)N(c1ccc(F)cc1)c1nc(Cl)ncc1[N+](=O)[O-].CCC(Nc1ccc(F)cc1)C(=O)CO.CCC1C(=O)Cc2cnc(Cl)nc2N1c1ccc(F)cc1.CCC1C(=O)N(C)c2cnc(Cl)nc2N1c1ccc(F)cc1.CP(C)(C)(OO)OO.Nc1ccc(F)cc1.O=[N+]([O-])c1cnc(Cl)nc1Cl.[Fe]. The molecular formula is C82H110BrCl5F5FeN16O18P. The number of benzene rings is 5. The number of aromatic nitrogens is 8. The molecule has 716 valence electrons. The second-order valence-electron chi connectivity index (χ2n) is 25.8. The van der Waals surface area contributed by atoms with Crippen LogP contribution in [0.3, 0.4) is 0 Å². The molecule has 7 N–H and O–H groups in total. The van der Waals surface area contributed by atoms with E-state index >= 15 is 0 Å². The number of nitrogen functional groups attached to an aromatic ring is 1. The number of carboxylic acids is 1. The fourth-order valence-corrected chi connectivity index (χ4v) is 11.0. The van der Waals surface area contributed by atoms with E-state index < -0.39 is 65.1 Å². The number of likely N-dealkylation sites (N-methyl/N-ethyl adjacent to an activating group) is 1. The molecule has 2 aliphatic rings. The number of aliphatic carboxylic acids is 1. The van der Waals surface area contributed by atoms with Gasteiger partial charge in [-0.05, 0) is 200 Å². The number of nitrogens with one attached hydrogen (secondary N) is 1. The maximum absolute atomic E-state index is 13.3. The molecule has 2 aliphatic heterocycles. The van der Waals surface area contributed by atoms with Crippen molar-refractivity contribution in [3.63, 3.8) is 0 Å². The van der Waals surface area contributed by atoms with Crippen molar-refractivity contribution < 1.29 is 117 Å². The molecule has 5 unspecified atom stereocenters. The van der Waals surface area contributed by atoms with Crippen LogP contribution in [-0.2, 0) is 71.1 Å². The van der Waals surface area contributed by atoms with Gasteiger partial charge in [-0.2, -0.15) is 19.9 Å². The zero-order chi connectivity index (χ0) is 92.1. The van der Waals surface area contributed by atoms with Crippen molar-refractivity contribution in [1.82, 2.24) is 39.9 Å². The van der Waals surface area contributed by atoms with Crippen molar-refractivity contribution in [2.24, 2.45) is 0 Å².